The molecule has 0 aliphatic carbocycles. The van der Waals surface area contributed by atoms with Gasteiger partial charge in [-0.2, -0.15) is 0 Å². The van der Waals surface area contributed by atoms with E-state index >= 15 is 0 Å². The van der Waals surface area contributed by atoms with Crippen LogP contribution < -0.4 is 4.72 Å². The molecule has 0 aliphatic heterocycles. The lowest BCUT2D eigenvalue weighted by molar-refractivity contribution is 0.528. The Morgan fingerprint density at radius 2 is 1.14 bits per heavy atom. The van der Waals surface area contributed by atoms with Gasteiger partial charge in [0, 0.05) is 6.54 Å². The van der Waals surface area contributed by atoms with Crippen LogP contribution in [0.5, 0.6) is 0 Å². The van der Waals surface area contributed by atoms with Crippen LogP contribution in [0.25, 0.3) is 0 Å². The third-order valence-electron chi connectivity index (χ3n) is 5.62. The van der Waals surface area contributed by atoms with Crippen LogP contribution in [0, 0.1) is 6.92 Å². The van der Waals surface area contributed by atoms with Crippen LogP contribution in [0.1, 0.15) is 115 Å². The minimum Gasteiger partial charge on any atom is -0.211 e. The predicted molar refractivity (Wildman–Crippen MR) is 126 cm³/mol. The first-order valence-electron chi connectivity index (χ1n) is 12.1. The molecule has 0 fully saturated rings. The van der Waals surface area contributed by atoms with Crippen molar-refractivity contribution in [1.29, 1.82) is 0 Å². The smallest absolute Gasteiger partial charge is 0.211 e. The summed E-state index contributed by atoms with van der Waals surface area (Å²) in [4.78, 5) is 0.369. The molecule has 1 N–H and O–H groups in total. The van der Waals surface area contributed by atoms with Crippen LogP contribution >= 0.6 is 0 Å². The summed E-state index contributed by atoms with van der Waals surface area (Å²) in [5.74, 6) is 0. The second kappa shape index (κ2) is 16.9. The van der Waals surface area contributed by atoms with E-state index in [4.69, 9.17) is 0 Å². The lowest BCUT2D eigenvalue weighted by Crippen LogP contribution is -2.24. The molecule has 0 aliphatic rings. The van der Waals surface area contributed by atoms with Crippen LogP contribution in [0.15, 0.2) is 29.2 Å². The van der Waals surface area contributed by atoms with Gasteiger partial charge in [-0.15, -0.1) is 0 Å². The van der Waals surface area contributed by atoms with E-state index < -0.39 is 10.0 Å². The highest BCUT2D eigenvalue weighted by Gasteiger charge is 2.12. The molecule has 0 saturated heterocycles. The minimum absolute atomic E-state index is 0.369. The molecule has 4 heteroatoms. The van der Waals surface area contributed by atoms with E-state index in [2.05, 4.69) is 11.6 Å². The van der Waals surface area contributed by atoms with Gasteiger partial charge in [-0.25, -0.2) is 13.1 Å². The van der Waals surface area contributed by atoms with Crippen molar-refractivity contribution in [2.24, 2.45) is 0 Å². The zero-order valence-corrected chi connectivity index (χ0v) is 19.9. The Hall–Kier alpha value is -0.870. The Kier molecular flexibility index (Phi) is 15.2. The van der Waals surface area contributed by atoms with Gasteiger partial charge in [0.1, 0.15) is 0 Å². The van der Waals surface area contributed by atoms with Gasteiger partial charge in [0.25, 0.3) is 0 Å². The molecule has 1 aromatic rings. The van der Waals surface area contributed by atoms with Gasteiger partial charge in [0.15, 0.2) is 0 Å². The zero-order chi connectivity index (χ0) is 21.2. The van der Waals surface area contributed by atoms with E-state index in [1.54, 1.807) is 18.2 Å². The molecule has 0 bridgehead atoms. The molecule has 3 nitrogen and oxygen atoms in total. The van der Waals surface area contributed by atoms with Gasteiger partial charge in [-0.1, -0.05) is 115 Å². The quantitative estimate of drug-likeness (QED) is 0.234. The number of benzene rings is 1. The SMILES string of the molecule is CCCCCCCCCCCCCCCCCCNS(=O)(=O)c1cccc(C)c1. The fourth-order valence-electron chi connectivity index (χ4n) is 3.75. The summed E-state index contributed by atoms with van der Waals surface area (Å²) in [6, 6.07) is 7.08. The molecule has 29 heavy (non-hydrogen) atoms. The highest BCUT2D eigenvalue weighted by atomic mass is 32.2. The zero-order valence-electron chi connectivity index (χ0n) is 19.1. The second-order valence-electron chi connectivity index (χ2n) is 8.52. The van der Waals surface area contributed by atoms with E-state index in [9.17, 15) is 8.42 Å². The fourth-order valence-corrected chi connectivity index (χ4v) is 4.92. The first-order chi connectivity index (χ1) is 14.1. The highest BCUT2D eigenvalue weighted by molar-refractivity contribution is 7.89. The lowest BCUT2D eigenvalue weighted by Gasteiger charge is -2.07. The Bertz CT molecular complexity index is 613. The molecule has 0 aromatic heterocycles. The van der Waals surface area contributed by atoms with Gasteiger partial charge >= 0.3 is 0 Å². The third kappa shape index (κ3) is 13.9. The summed E-state index contributed by atoms with van der Waals surface area (Å²) in [6.07, 6.45) is 21.3. The Balaban J connectivity index is 1.87. The molecule has 0 spiro atoms. The van der Waals surface area contributed by atoms with Crippen molar-refractivity contribution in [2.75, 3.05) is 6.54 Å². The molecular weight excluding hydrogens is 378 g/mol. The first-order valence-corrected chi connectivity index (χ1v) is 13.6. The van der Waals surface area contributed by atoms with E-state index in [1.807, 2.05) is 13.0 Å². The molecule has 0 saturated carbocycles. The molecule has 1 rings (SSSR count). The summed E-state index contributed by atoms with van der Waals surface area (Å²) in [5, 5.41) is 0. The van der Waals surface area contributed by atoms with Crippen molar-refractivity contribution < 1.29 is 8.42 Å². The highest BCUT2D eigenvalue weighted by Crippen LogP contribution is 2.14. The lowest BCUT2D eigenvalue weighted by atomic mass is 10.0. The van der Waals surface area contributed by atoms with Crippen LogP contribution in [-0.4, -0.2) is 15.0 Å². The van der Waals surface area contributed by atoms with Crippen molar-refractivity contribution >= 4 is 10.0 Å². The maximum Gasteiger partial charge on any atom is 0.240 e. The summed E-state index contributed by atoms with van der Waals surface area (Å²) in [6.45, 7) is 4.72. The average molecular weight is 424 g/mol. The average Bonchev–Trinajstić information content (AvgIpc) is 2.70. The molecule has 0 heterocycles. The van der Waals surface area contributed by atoms with Crippen molar-refractivity contribution in [3.8, 4) is 0 Å². The first kappa shape index (κ1) is 26.2. The number of nitrogens with one attached hydrogen (secondary N) is 1. The Morgan fingerprint density at radius 3 is 1.59 bits per heavy atom. The molecule has 0 unspecified atom stereocenters. The van der Waals surface area contributed by atoms with Gasteiger partial charge < -0.3 is 0 Å². The van der Waals surface area contributed by atoms with Crippen molar-refractivity contribution in [3.63, 3.8) is 0 Å². The Labute approximate surface area is 181 Å². The number of unbranched alkanes of at least 4 members (excludes halogenated alkanes) is 15. The maximum absolute atomic E-state index is 12.2. The molecule has 1 aromatic carbocycles. The molecule has 0 radical (unpaired) electrons. The van der Waals surface area contributed by atoms with Gasteiger partial charge in [-0.05, 0) is 31.0 Å². The predicted octanol–water partition coefficient (Wildman–Crippen LogP) is 7.53. The summed E-state index contributed by atoms with van der Waals surface area (Å²) in [5.41, 5.74) is 0.968. The molecule has 0 atom stereocenters. The minimum atomic E-state index is -3.35. The third-order valence-corrected chi connectivity index (χ3v) is 7.08. The van der Waals surface area contributed by atoms with E-state index in [1.165, 1.54) is 89.9 Å². The van der Waals surface area contributed by atoms with Crippen LogP contribution in [0.3, 0.4) is 0 Å². The van der Waals surface area contributed by atoms with Crippen LogP contribution in [-0.2, 0) is 10.0 Å². The number of rotatable bonds is 19. The number of sulfonamides is 1. The van der Waals surface area contributed by atoms with Crippen LogP contribution in [0.4, 0.5) is 0 Å². The van der Waals surface area contributed by atoms with Crippen molar-refractivity contribution in [2.45, 2.75) is 121 Å². The fraction of sp³-hybridized carbons (Fsp3) is 0.760. The standard InChI is InChI=1S/C25H45NO2S/c1-3-4-5-6-7-8-9-10-11-12-13-14-15-16-17-18-22-26-29(27,28)25-21-19-20-24(2)23-25/h19-21,23,26H,3-18,22H2,1-2H3. The molecule has 0 amide bonds. The van der Waals surface area contributed by atoms with Gasteiger partial charge in [0.2, 0.25) is 10.0 Å². The monoisotopic (exact) mass is 423 g/mol. The second-order valence-corrected chi connectivity index (χ2v) is 10.3. The number of aryl methyl sites for hydroxylation is 1. The van der Waals surface area contributed by atoms with E-state index in [0.29, 0.717) is 11.4 Å². The van der Waals surface area contributed by atoms with E-state index in [-0.39, 0.29) is 0 Å². The maximum atomic E-state index is 12.2. The topological polar surface area (TPSA) is 46.2 Å². The number of hydrogen-bond donors (Lipinski definition) is 1. The summed E-state index contributed by atoms with van der Waals surface area (Å²) < 4.78 is 27.2. The normalized spacial score (nSPS) is 11.8. The van der Waals surface area contributed by atoms with Gasteiger partial charge in [0.05, 0.1) is 4.90 Å². The van der Waals surface area contributed by atoms with Gasteiger partial charge in [-0.3, -0.25) is 0 Å². The number of hydrogen-bond acceptors (Lipinski definition) is 2. The van der Waals surface area contributed by atoms with Crippen molar-refractivity contribution in [1.82, 2.24) is 4.72 Å². The Morgan fingerprint density at radius 1 is 0.690 bits per heavy atom. The van der Waals surface area contributed by atoms with E-state index in [0.717, 1.165) is 18.4 Å². The van der Waals surface area contributed by atoms with Crippen molar-refractivity contribution in [3.05, 3.63) is 29.8 Å². The molecular formula is C25H45NO2S. The largest absolute Gasteiger partial charge is 0.240 e. The van der Waals surface area contributed by atoms with Crippen LogP contribution in [0.2, 0.25) is 0 Å². The summed E-state index contributed by atoms with van der Waals surface area (Å²) >= 11 is 0. The molecule has 168 valence electrons. The summed E-state index contributed by atoms with van der Waals surface area (Å²) in [7, 11) is -3.35.